The third-order valence-corrected chi connectivity index (χ3v) is 6.30. The van der Waals surface area contributed by atoms with Gasteiger partial charge in [0.1, 0.15) is 18.1 Å². The van der Waals surface area contributed by atoms with E-state index >= 15 is 0 Å². The van der Waals surface area contributed by atoms with Crippen molar-refractivity contribution in [2.45, 2.75) is 90.6 Å². The Morgan fingerprint density at radius 2 is 1.36 bits per heavy atom. The van der Waals surface area contributed by atoms with Gasteiger partial charge in [0.25, 0.3) is 5.91 Å². The van der Waals surface area contributed by atoms with E-state index in [0.29, 0.717) is 6.42 Å². The van der Waals surface area contributed by atoms with Crippen LogP contribution in [-0.2, 0) is 38.4 Å². The van der Waals surface area contributed by atoms with Crippen molar-refractivity contribution in [3.05, 3.63) is 0 Å². The van der Waals surface area contributed by atoms with Gasteiger partial charge in [0.15, 0.2) is 0 Å². The summed E-state index contributed by atoms with van der Waals surface area (Å²) in [4.78, 5) is 99.2. The Labute approximate surface area is 244 Å². The molecule has 16 heteroatoms. The number of carbonyl (C=O) groups is 8. The number of aliphatic hydroxyl groups excluding tert-OH is 1. The van der Waals surface area contributed by atoms with Crippen LogP contribution in [0, 0.1) is 5.92 Å². The number of carbonyl (C=O) groups excluding carboxylic acids is 7. The Morgan fingerprint density at radius 3 is 1.83 bits per heavy atom. The van der Waals surface area contributed by atoms with Gasteiger partial charge in [-0.25, -0.2) is 0 Å². The highest BCUT2D eigenvalue weighted by atomic mass is 16.4. The predicted octanol–water partition coefficient (Wildman–Crippen LogP) is -2.58. The fourth-order valence-electron chi connectivity index (χ4n) is 3.52. The minimum absolute atomic E-state index is 0.214. The standard InChI is InChI=1S/C26H44N6O10/c1-8-13(2)20(29-16(5)34)24(40)31-21(15(4)33)25(41)28-14(3)23(39)30-17(9-10-18(35)32(6)7)22(38)26(42)27-12-11-19(36)37/h13-15,17,20-21,33H,8-12H2,1-7H3,(H,27,42)(H,28,41)(H,29,34)(H,30,39)(H,31,40)(H,36,37)/t13-,14-,15+,17?,20-,21-/m0/s1. The van der Waals surface area contributed by atoms with Gasteiger partial charge in [-0.05, 0) is 26.2 Å². The average Bonchev–Trinajstić information content (AvgIpc) is 2.90. The number of hydrogen-bond donors (Lipinski definition) is 7. The van der Waals surface area contributed by atoms with Gasteiger partial charge in [-0.3, -0.25) is 38.4 Å². The lowest BCUT2D eigenvalue weighted by molar-refractivity contribution is -0.141. The van der Waals surface area contributed by atoms with Crippen LogP contribution in [0.25, 0.3) is 0 Å². The van der Waals surface area contributed by atoms with Crippen LogP contribution in [-0.4, -0.2) is 113 Å². The van der Waals surface area contributed by atoms with E-state index in [1.807, 2.05) is 0 Å². The van der Waals surface area contributed by atoms with E-state index in [1.54, 1.807) is 13.8 Å². The SMILES string of the molecule is CC[C@H](C)[C@H](NC(C)=O)C(=O)N[C@H](C(=O)N[C@@H](C)C(=O)NC(CCC(=O)N(C)C)C(=O)C(=O)NCCC(=O)O)[C@@H](C)O. The molecule has 1 unspecified atom stereocenters. The Morgan fingerprint density at radius 1 is 0.786 bits per heavy atom. The van der Waals surface area contributed by atoms with E-state index < -0.39 is 78.0 Å². The first kappa shape index (κ1) is 37.9. The minimum Gasteiger partial charge on any atom is -0.481 e. The van der Waals surface area contributed by atoms with Gasteiger partial charge in [0.05, 0.1) is 18.6 Å². The molecule has 0 rings (SSSR count). The molecule has 0 aromatic rings. The number of carboxylic acid groups (broad SMARTS) is 1. The molecule has 0 saturated carbocycles. The lowest BCUT2D eigenvalue weighted by Crippen LogP contribution is -2.60. The summed E-state index contributed by atoms with van der Waals surface area (Å²) in [6.45, 7) is 6.92. The van der Waals surface area contributed by atoms with Gasteiger partial charge in [-0.2, -0.15) is 0 Å². The number of Topliss-reactive ketones (excluding diaryl/α,β-unsaturated/α-hetero) is 1. The normalized spacial score (nSPS) is 15.0. The molecule has 0 saturated heterocycles. The number of aliphatic hydroxyl groups is 1. The van der Waals surface area contributed by atoms with Gasteiger partial charge in [0, 0.05) is 34.0 Å². The number of aliphatic carboxylic acids is 1. The van der Waals surface area contributed by atoms with E-state index in [9.17, 15) is 43.5 Å². The summed E-state index contributed by atoms with van der Waals surface area (Å²) in [6.07, 6.45) is -1.80. The molecule has 42 heavy (non-hydrogen) atoms. The van der Waals surface area contributed by atoms with Crippen LogP contribution >= 0.6 is 0 Å². The highest BCUT2D eigenvalue weighted by Crippen LogP contribution is 2.09. The number of ketones is 1. The second kappa shape index (κ2) is 18.4. The highest BCUT2D eigenvalue weighted by Gasteiger charge is 2.34. The quantitative estimate of drug-likeness (QED) is 0.0811. The molecule has 0 aliphatic heterocycles. The number of nitrogens with one attached hydrogen (secondary N) is 5. The van der Waals surface area contributed by atoms with E-state index in [0.717, 1.165) is 0 Å². The van der Waals surface area contributed by atoms with Gasteiger partial charge in [-0.1, -0.05) is 20.3 Å². The summed E-state index contributed by atoms with van der Waals surface area (Å²) >= 11 is 0. The molecule has 0 bridgehead atoms. The van der Waals surface area contributed by atoms with Crippen LogP contribution < -0.4 is 26.6 Å². The summed E-state index contributed by atoms with van der Waals surface area (Å²) in [7, 11) is 2.96. The van der Waals surface area contributed by atoms with Crippen molar-refractivity contribution in [1.82, 2.24) is 31.5 Å². The summed E-state index contributed by atoms with van der Waals surface area (Å²) in [5.41, 5.74) is 0. The maximum Gasteiger partial charge on any atom is 0.305 e. The van der Waals surface area contributed by atoms with E-state index in [1.165, 1.54) is 39.8 Å². The molecule has 238 valence electrons. The van der Waals surface area contributed by atoms with E-state index in [-0.39, 0.29) is 31.2 Å². The molecule has 16 nitrogen and oxygen atoms in total. The third-order valence-electron chi connectivity index (χ3n) is 6.30. The molecule has 6 amide bonds. The van der Waals surface area contributed by atoms with Crippen molar-refractivity contribution in [1.29, 1.82) is 0 Å². The zero-order chi connectivity index (χ0) is 32.7. The summed E-state index contributed by atoms with van der Waals surface area (Å²) in [5.74, 6) is -7.22. The number of hydrogen-bond acceptors (Lipinski definition) is 9. The average molecular weight is 601 g/mol. The molecule has 7 N–H and O–H groups in total. The maximum atomic E-state index is 12.9. The Balaban J connectivity index is 5.61. The fraction of sp³-hybridized carbons (Fsp3) is 0.692. The Bertz CT molecular complexity index is 1020. The van der Waals surface area contributed by atoms with Gasteiger partial charge < -0.3 is 41.7 Å². The van der Waals surface area contributed by atoms with Crippen LogP contribution in [0.3, 0.4) is 0 Å². The molecule has 0 aromatic carbocycles. The molecule has 0 aliphatic rings. The van der Waals surface area contributed by atoms with Gasteiger partial charge in [-0.15, -0.1) is 0 Å². The largest absolute Gasteiger partial charge is 0.481 e. The first-order valence-electron chi connectivity index (χ1n) is 13.5. The van der Waals surface area contributed by atoms with E-state index in [2.05, 4.69) is 26.6 Å². The number of nitrogens with zero attached hydrogens (tertiary/aromatic N) is 1. The fourth-order valence-corrected chi connectivity index (χ4v) is 3.52. The van der Waals surface area contributed by atoms with Crippen molar-refractivity contribution >= 4 is 47.2 Å². The zero-order valence-electron chi connectivity index (χ0n) is 25.1. The molecule has 0 radical (unpaired) electrons. The monoisotopic (exact) mass is 600 g/mol. The lowest BCUT2D eigenvalue weighted by atomic mass is 9.97. The summed E-state index contributed by atoms with van der Waals surface area (Å²) < 4.78 is 0. The molecule has 6 atom stereocenters. The molecular weight excluding hydrogens is 556 g/mol. The number of amides is 6. The minimum atomic E-state index is -1.51. The van der Waals surface area contributed by atoms with Crippen LogP contribution in [0.15, 0.2) is 0 Å². The number of carboxylic acids is 1. The van der Waals surface area contributed by atoms with Gasteiger partial charge in [0.2, 0.25) is 35.3 Å². The van der Waals surface area contributed by atoms with E-state index in [4.69, 9.17) is 5.11 Å². The van der Waals surface area contributed by atoms with Crippen molar-refractivity contribution in [3.8, 4) is 0 Å². The van der Waals surface area contributed by atoms with Crippen LogP contribution in [0.5, 0.6) is 0 Å². The van der Waals surface area contributed by atoms with Crippen LogP contribution in [0.4, 0.5) is 0 Å². The first-order valence-corrected chi connectivity index (χ1v) is 13.5. The van der Waals surface area contributed by atoms with Crippen LogP contribution in [0.2, 0.25) is 0 Å². The van der Waals surface area contributed by atoms with Gasteiger partial charge >= 0.3 is 5.97 Å². The second-order valence-electron chi connectivity index (χ2n) is 10.2. The molecule has 0 aliphatic carbocycles. The summed E-state index contributed by atoms with van der Waals surface area (Å²) in [6, 6.07) is -5.30. The number of rotatable bonds is 18. The smallest absolute Gasteiger partial charge is 0.305 e. The van der Waals surface area contributed by atoms with Crippen LogP contribution in [0.1, 0.15) is 60.3 Å². The summed E-state index contributed by atoms with van der Waals surface area (Å²) in [5, 5.41) is 30.6. The highest BCUT2D eigenvalue weighted by molar-refractivity contribution is 6.38. The van der Waals surface area contributed by atoms with Crippen molar-refractivity contribution in [3.63, 3.8) is 0 Å². The molecular formula is C26H44N6O10. The predicted molar refractivity (Wildman–Crippen MR) is 148 cm³/mol. The molecule has 0 heterocycles. The van der Waals surface area contributed by atoms with Crippen molar-refractivity contribution in [2.24, 2.45) is 5.92 Å². The lowest BCUT2D eigenvalue weighted by Gasteiger charge is -2.28. The topological polar surface area (TPSA) is 240 Å². The first-order chi connectivity index (χ1) is 19.4. The Kier molecular flexibility index (Phi) is 16.6. The molecule has 0 aromatic heterocycles. The van der Waals surface area contributed by atoms with Crippen molar-refractivity contribution in [2.75, 3.05) is 20.6 Å². The third kappa shape index (κ3) is 13.5. The van der Waals surface area contributed by atoms with Crippen molar-refractivity contribution < 1.29 is 48.6 Å². The maximum absolute atomic E-state index is 12.9. The second-order valence-corrected chi connectivity index (χ2v) is 10.2. The zero-order valence-corrected chi connectivity index (χ0v) is 25.1. The molecule has 0 fully saturated rings. The Hall–Kier alpha value is -4.08. The molecule has 0 spiro atoms.